The van der Waals surface area contributed by atoms with E-state index in [0.29, 0.717) is 31.2 Å². The summed E-state index contributed by atoms with van der Waals surface area (Å²) in [4.78, 5) is 24.0. The monoisotopic (exact) mass is 334 g/mol. The Morgan fingerprint density at radius 3 is 2.62 bits per heavy atom. The molecule has 0 aromatic heterocycles. The molecule has 24 heavy (non-hydrogen) atoms. The third-order valence-electron chi connectivity index (χ3n) is 5.79. The van der Waals surface area contributed by atoms with Crippen LogP contribution in [-0.4, -0.2) is 24.4 Å². The number of amides is 2. The molecule has 4 heteroatoms. The van der Waals surface area contributed by atoms with Crippen molar-refractivity contribution < 1.29 is 9.59 Å². The lowest BCUT2D eigenvalue weighted by Crippen LogP contribution is -2.43. The summed E-state index contributed by atoms with van der Waals surface area (Å²) in [5.41, 5.74) is 1.47. The first-order chi connectivity index (χ1) is 11.6. The predicted octanol–water partition coefficient (Wildman–Crippen LogP) is 3.71. The number of nitrogens with one attached hydrogen (secondary N) is 2. The third kappa shape index (κ3) is 6.29. The van der Waals surface area contributed by atoms with E-state index < -0.39 is 0 Å². The van der Waals surface area contributed by atoms with Gasteiger partial charge in [-0.1, -0.05) is 38.3 Å². The van der Waals surface area contributed by atoms with E-state index in [0.717, 1.165) is 12.8 Å². The number of hydrogen-bond donors (Lipinski definition) is 2. The minimum atomic E-state index is -0.00776. The van der Waals surface area contributed by atoms with Crippen LogP contribution in [0.15, 0.2) is 11.6 Å². The molecule has 0 heterocycles. The molecule has 2 amide bonds. The van der Waals surface area contributed by atoms with Crippen molar-refractivity contribution in [3.8, 4) is 0 Å². The summed E-state index contributed by atoms with van der Waals surface area (Å²) in [6.45, 7) is 5.18. The van der Waals surface area contributed by atoms with Gasteiger partial charge in [0.25, 0.3) is 0 Å². The van der Waals surface area contributed by atoms with Crippen molar-refractivity contribution in [3.63, 3.8) is 0 Å². The fraction of sp³-hybridized carbons (Fsp3) is 0.800. The molecule has 0 saturated heterocycles. The highest BCUT2D eigenvalue weighted by atomic mass is 16.2. The summed E-state index contributed by atoms with van der Waals surface area (Å²) >= 11 is 0. The second kappa shape index (κ2) is 9.85. The number of allylic oxidation sites excluding steroid dienone is 1. The van der Waals surface area contributed by atoms with Gasteiger partial charge < -0.3 is 10.6 Å². The van der Waals surface area contributed by atoms with Gasteiger partial charge in [0, 0.05) is 25.4 Å². The molecular formula is C20H34N2O2. The van der Waals surface area contributed by atoms with Crippen molar-refractivity contribution in [1.82, 2.24) is 10.6 Å². The van der Waals surface area contributed by atoms with E-state index in [-0.39, 0.29) is 17.9 Å². The molecule has 0 radical (unpaired) electrons. The van der Waals surface area contributed by atoms with Crippen LogP contribution in [0.25, 0.3) is 0 Å². The zero-order valence-corrected chi connectivity index (χ0v) is 15.4. The second-order valence-electron chi connectivity index (χ2n) is 7.65. The van der Waals surface area contributed by atoms with Crippen LogP contribution in [0.5, 0.6) is 0 Å². The first-order valence-corrected chi connectivity index (χ1v) is 9.80. The van der Waals surface area contributed by atoms with Crippen LogP contribution in [-0.2, 0) is 9.59 Å². The Morgan fingerprint density at radius 2 is 1.88 bits per heavy atom. The fourth-order valence-corrected chi connectivity index (χ4v) is 3.87. The molecule has 0 aromatic rings. The van der Waals surface area contributed by atoms with Gasteiger partial charge in [0.1, 0.15) is 0 Å². The molecule has 2 aliphatic rings. The maximum absolute atomic E-state index is 12.1. The van der Waals surface area contributed by atoms with Gasteiger partial charge in [-0.05, 0) is 50.4 Å². The second-order valence-corrected chi connectivity index (χ2v) is 7.65. The van der Waals surface area contributed by atoms with Crippen molar-refractivity contribution in [1.29, 1.82) is 0 Å². The summed E-state index contributed by atoms with van der Waals surface area (Å²) < 4.78 is 0. The zero-order valence-electron chi connectivity index (χ0n) is 15.4. The molecule has 3 atom stereocenters. The summed E-state index contributed by atoms with van der Waals surface area (Å²) in [6, 6.07) is 0.280. The van der Waals surface area contributed by atoms with Crippen LogP contribution in [0.2, 0.25) is 0 Å². The molecule has 0 aliphatic heterocycles. The normalized spacial score (nSPS) is 27.2. The molecule has 136 valence electrons. The van der Waals surface area contributed by atoms with Crippen molar-refractivity contribution in [3.05, 3.63) is 11.6 Å². The lowest BCUT2D eigenvalue weighted by molar-refractivity contribution is -0.127. The van der Waals surface area contributed by atoms with Crippen LogP contribution in [0, 0.1) is 11.8 Å². The summed E-state index contributed by atoms with van der Waals surface area (Å²) in [6.07, 6.45) is 12.3. The Kier molecular flexibility index (Phi) is 7.80. The Balaban J connectivity index is 1.59. The molecule has 1 fully saturated rings. The van der Waals surface area contributed by atoms with E-state index in [2.05, 4.69) is 30.6 Å². The van der Waals surface area contributed by atoms with E-state index in [1.54, 1.807) is 0 Å². The average Bonchev–Trinajstić information content (AvgIpc) is 2.58. The fourth-order valence-electron chi connectivity index (χ4n) is 3.87. The van der Waals surface area contributed by atoms with Crippen LogP contribution >= 0.6 is 0 Å². The van der Waals surface area contributed by atoms with Gasteiger partial charge in [-0.25, -0.2) is 0 Å². The Morgan fingerprint density at radius 1 is 1.08 bits per heavy atom. The maximum atomic E-state index is 12.1. The molecule has 0 unspecified atom stereocenters. The summed E-state index contributed by atoms with van der Waals surface area (Å²) in [7, 11) is 0. The van der Waals surface area contributed by atoms with Crippen LogP contribution < -0.4 is 10.6 Å². The summed E-state index contributed by atoms with van der Waals surface area (Å²) in [5, 5.41) is 6.08. The number of rotatable bonds is 7. The van der Waals surface area contributed by atoms with Gasteiger partial charge in [0.15, 0.2) is 0 Å². The molecule has 1 saturated carbocycles. The maximum Gasteiger partial charge on any atom is 0.220 e. The first-order valence-electron chi connectivity index (χ1n) is 9.80. The Bertz CT molecular complexity index is 459. The van der Waals surface area contributed by atoms with Crippen molar-refractivity contribution in [2.45, 2.75) is 84.1 Å². The zero-order chi connectivity index (χ0) is 17.4. The molecule has 2 N–H and O–H groups in total. The standard InChI is InChI=1S/C20H34N2O2/c1-15-7-6-10-18(16(15)2)22-20(24)12-11-19(23)21-14-13-17-8-4-3-5-9-17/h8,15-16,18H,3-7,9-14H2,1-2H3,(H,21,23)(H,22,24)/t15-,16+,18+/m1/s1. The molecule has 2 aliphatic carbocycles. The number of carbonyl (C=O) groups is 2. The summed E-state index contributed by atoms with van der Waals surface area (Å²) in [5.74, 6) is 1.21. The molecule has 4 nitrogen and oxygen atoms in total. The van der Waals surface area contributed by atoms with Gasteiger partial charge in [-0.15, -0.1) is 0 Å². The number of hydrogen-bond acceptors (Lipinski definition) is 2. The van der Waals surface area contributed by atoms with Crippen LogP contribution in [0.1, 0.15) is 78.1 Å². The Labute approximate surface area is 146 Å². The minimum absolute atomic E-state index is 0.00776. The van der Waals surface area contributed by atoms with Gasteiger partial charge >= 0.3 is 0 Å². The van der Waals surface area contributed by atoms with Crippen molar-refractivity contribution in [2.75, 3.05) is 6.54 Å². The SMILES string of the molecule is C[C@H]1[C@H](C)CCC[C@@H]1NC(=O)CCC(=O)NCCC1=CCCCC1. The van der Waals surface area contributed by atoms with E-state index in [1.165, 1.54) is 44.1 Å². The molecule has 0 aromatic carbocycles. The largest absolute Gasteiger partial charge is 0.356 e. The van der Waals surface area contributed by atoms with E-state index in [4.69, 9.17) is 0 Å². The van der Waals surface area contributed by atoms with Gasteiger partial charge in [0.05, 0.1) is 0 Å². The molecule has 2 rings (SSSR count). The highest BCUT2D eigenvalue weighted by molar-refractivity contribution is 5.83. The van der Waals surface area contributed by atoms with Gasteiger partial charge in [-0.3, -0.25) is 9.59 Å². The molecular weight excluding hydrogens is 300 g/mol. The lowest BCUT2D eigenvalue weighted by atomic mass is 9.78. The van der Waals surface area contributed by atoms with Crippen molar-refractivity contribution in [2.24, 2.45) is 11.8 Å². The number of carbonyl (C=O) groups excluding carboxylic acids is 2. The van der Waals surface area contributed by atoms with Crippen LogP contribution in [0.3, 0.4) is 0 Å². The smallest absolute Gasteiger partial charge is 0.220 e. The highest BCUT2D eigenvalue weighted by Gasteiger charge is 2.28. The lowest BCUT2D eigenvalue weighted by Gasteiger charge is -2.34. The van der Waals surface area contributed by atoms with E-state index >= 15 is 0 Å². The topological polar surface area (TPSA) is 58.2 Å². The average molecular weight is 335 g/mol. The Hall–Kier alpha value is -1.32. The van der Waals surface area contributed by atoms with Crippen LogP contribution in [0.4, 0.5) is 0 Å². The van der Waals surface area contributed by atoms with Crippen molar-refractivity contribution >= 4 is 11.8 Å². The quantitative estimate of drug-likeness (QED) is 0.697. The first kappa shape index (κ1) is 19.0. The predicted molar refractivity (Wildman–Crippen MR) is 97.5 cm³/mol. The highest BCUT2D eigenvalue weighted by Crippen LogP contribution is 2.29. The third-order valence-corrected chi connectivity index (χ3v) is 5.79. The van der Waals surface area contributed by atoms with E-state index in [9.17, 15) is 9.59 Å². The molecule has 0 bridgehead atoms. The minimum Gasteiger partial charge on any atom is -0.356 e. The molecule has 0 spiro atoms. The van der Waals surface area contributed by atoms with Gasteiger partial charge in [0.2, 0.25) is 11.8 Å². The van der Waals surface area contributed by atoms with E-state index in [1.807, 2.05) is 0 Å². The van der Waals surface area contributed by atoms with Gasteiger partial charge in [-0.2, -0.15) is 0 Å².